The fourth-order valence-electron chi connectivity index (χ4n) is 2.50. The van der Waals surface area contributed by atoms with E-state index in [-0.39, 0.29) is 36.8 Å². The van der Waals surface area contributed by atoms with Crippen LogP contribution in [0.1, 0.15) is 44.1 Å². The molecule has 0 aliphatic carbocycles. The third kappa shape index (κ3) is 7.77. The van der Waals surface area contributed by atoms with Gasteiger partial charge in [-0.1, -0.05) is 49.6 Å². The summed E-state index contributed by atoms with van der Waals surface area (Å²) in [7, 11) is 0. The van der Waals surface area contributed by atoms with E-state index in [1.165, 1.54) is 5.56 Å². The molecule has 2 rings (SSSR count). The molecule has 0 bridgehead atoms. The first-order valence-corrected chi connectivity index (χ1v) is 8.63. The molecule has 0 saturated heterocycles. The average Bonchev–Trinajstić information content (AvgIpc) is 3.06. The molecule has 7 heteroatoms. The van der Waals surface area contributed by atoms with Crippen LogP contribution in [-0.4, -0.2) is 23.5 Å². The number of nitrogens with zero attached hydrogens (tertiary/aromatic N) is 1. The van der Waals surface area contributed by atoms with Crippen LogP contribution in [0, 0.1) is 6.92 Å². The van der Waals surface area contributed by atoms with Gasteiger partial charge in [-0.05, 0) is 13.3 Å². The summed E-state index contributed by atoms with van der Waals surface area (Å²) in [4.78, 5) is 16.3. The topological polar surface area (TPSA) is 81.1 Å². The second-order valence-corrected chi connectivity index (χ2v) is 6.13. The zero-order chi connectivity index (χ0) is 17.4. The summed E-state index contributed by atoms with van der Waals surface area (Å²) >= 11 is 0. The van der Waals surface area contributed by atoms with Gasteiger partial charge in [0, 0.05) is 31.0 Å². The van der Waals surface area contributed by atoms with Crippen molar-refractivity contribution in [2.24, 2.45) is 5.73 Å². The highest BCUT2D eigenvalue weighted by molar-refractivity contribution is 5.85. The van der Waals surface area contributed by atoms with Crippen LogP contribution in [0.15, 0.2) is 34.9 Å². The number of unbranched alkanes of at least 4 members (excludes halogenated alkanes) is 1. The number of halogens is 2. The van der Waals surface area contributed by atoms with Gasteiger partial charge in [0.15, 0.2) is 11.7 Å². The summed E-state index contributed by atoms with van der Waals surface area (Å²) in [6.07, 6.45) is 5.66. The van der Waals surface area contributed by atoms with Crippen LogP contribution >= 0.6 is 24.8 Å². The highest BCUT2D eigenvalue weighted by Gasteiger charge is 2.12. The highest BCUT2D eigenvalue weighted by atomic mass is 35.5. The molecule has 0 aliphatic heterocycles. The molecule has 0 saturated carbocycles. The maximum absolute atomic E-state index is 12.0. The first kappa shape index (κ1) is 24.4. The summed E-state index contributed by atoms with van der Waals surface area (Å²) in [6.45, 7) is 4.65. The molecule has 1 aromatic carbocycles. The van der Waals surface area contributed by atoms with Crippen LogP contribution in [0.5, 0.6) is 0 Å². The van der Waals surface area contributed by atoms with E-state index in [0.29, 0.717) is 25.3 Å². The Labute approximate surface area is 168 Å². The Hall–Kier alpha value is -1.56. The number of hydrogen-bond donors (Lipinski definition) is 2. The van der Waals surface area contributed by atoms with Crippen molar-refractivity contribution < 1.29 is 9.21 Å². The van der Waals surface area contributed by atoms with Gasteiger partial charge in [0.1, 0.15) is 0 Å². The first-order chi connectivity index (χ1) is 11.6. The van der Waals surface area contributed by atoms with Crippen LogP contribution in [-0.2, 0) is 11.2 Å². The van der Waals surface area contributed by atoms with Crippen molar-refractivity contribution >= 4 is 30.7 Å². The minimum absolute atomic E-state index is 0. The zero-order valence-electron chi connectivity index (χ0n) is 15.4. The summed E-state index contributed by atoms with van der Waals surface area (Å²) in [6, 6.07) is 8.14. The van der Waals surface area contributed by atoms with E-state index < -0.39 is 0 Å². The van der Waals surface area contributed by atoms with Gasteiger partial charge in [-0.15, -0.1) is 24.8 Å². The van der Waals surface area contributed by atoms with Crippen LogP contribution in [0.3, 0.4) is 0 Å². The van der Waals surface area contributed by atoms with E-state index in [2.05, 4.69) is 17.2 Å². The third-order valence-corrected chi connectivity index (χ3v) is 4.01. The predicted octanol–water partition coefficient (Wildman–Crippen LogP) is 4.06. The van der Waals surface area contributed by atoms with Crippen LogP contribution in [0.4, 0.5) is 0 Å². The molecule has 0 aliphatic rings. The SMILES string of the molecule is CCCCC(CN)NC(=O)CCc1ncc(-c2ccc(C)cc2)o1.Cl.Cl. The van der Waals surface area contributed by atoms with Gasteiger partial charge in [-0.3, -0.25) is 4.79 Å². The minimum Gasteiger partial charge on any atom is -0.441 e. The van der Waals surface area contributed by atoms with Crippen molar-refractivity contribution in [1.29, 1.82) is 0 Å². The molecular weight excluding hydrogens is 373 g/mol. The summed E-state index contributed by atoms with van der Waals surface area (Å²) in [5.41, 5.74) is 7.90. The zero-order valence-corrected chi connectivity index (χ0v) is 17.0. The Balaban J connectivity index is 0.00000312. The van der Waals surface area contributed by atoms with Gasteiger partial charge in [0.25, 0.3) is 0 Å². The number of carbonyl (C=O) groups excluding carboxylic acids is 1. The number of nitrogens with one attached hydrogen (secondary N) is 1. The number of aryl methyl sites for hydroxylation is 2. The number of amides is 1. The van der Waals surface area contributed by atoms with Crippen molar-refractivity contribution in [2.45, 2.75) is 52.0 Å². The van der Waals surface area contributed by atoms with Crippen molar-refractivity contribution in [3.05, 3.63) is 41.9 Å². The molecule has 1 atom stereocenters. The Bertz CT molecular complexity index is 644. The number of aromatic nitrogens is 1. The molecule has 0 spiro atoms. The summed E-state index contributed by atoms with van der Waals surface area (Å²) in [5, 5.41) is 2.98. The third-order valence-electron chi connectivity index (χ3n) is 4.01. The lowest BCUT2D eigenvalue weighted by Gasteiger charge is -2.16. The number of hydrogen-bond acceptors (Lipinski definition) is 4. The first-order valence-electron chi connectivity index (χ1n) is 8.63. The molecule has 1 unspecified atom stereocenters. The highest BCUT2D eigenvalue weighted by Crippen LogP contribution is 2.21. The fourth-order valence-corrected chi connectivity index (χ4v) is 2.50. The Morgan fingerprint density at radius 2 is 1.96 bits per heavy atom. The largest absolute Gasteiger partial charge is 0.441 e. The van der Waals surface area contributed by atoms with E-state index in [1.54, 1.807) is 6.20 Å². The maximum Gasteiger partial charge on any atom is 0.220 e. The molecule has 26 heavy (non-hydrogen) atoms. The lowest BCUT2D eigenvalue weighted by atomic mass is 10.1. The standard InChI is InChI=1S/C19H27N3O2.2ClH/c1-3-4-5-16(12-20)22-18(23)10-11-19-21-13-17(24-19)15-8-6-14(2)7-9-15;;/h6-9,13,16H,3-5,10-12,20H2,1-2H3,(H,22,23);2*1H. The molecule has 1 amide bonds. The predicted molar refractivity (Wildman–Crippen MR) is 110 cm³/mol. The molecule has 0 fully saturated rings. The lowest BCUT2D eigenvalue weighted by Crippen LogP contribution is -2.40. The van der Waals surface area contributed by atoms with Gasteiger partial charge in [0.05, 0.1) is 6.20 Å². The normalized spacial score (nSPS) is 11.2. The van der Waals surface area contributed by atoms with Crippen LogP contribution in [0.25, 0.3) is 11.3 Å². The molecule has 2 aromatic rings. The number of carbonyl (C=O) groups is 1. The lowest BCUT2D eigenvalue weighted by molar-refractivity contribution is -0.121. The van der Waals surface area contributed by atoms with Gasteiger partial charge < -0.3 is 15.5 Å². The van der Waals surface area contributed by atoms with Crippen LogP contribution in [0.2, 0.25) is 0 Å². The van der Waals surface area contributed by atoms with E-state index >= 15 is 0 Å². The second kappa shape index (κ2) is 12.7. The molecule has 5 nitrogen and oxygen atoms in total. The maximum atomic E-state index is 12.0. The minimum atomic E-state index is -0.00311. The van der Waals surface area contributed by atoms with Crippen molar-refractivity contribution in [2.75, 3.05) is 6.54 Å². The molecule has 3 N–H and O–H groups in total. The van der Waals surface area contributed by atoms with Gasteiger partial charge in [-0.2, -0.15) is 0 Å². The molecule has 146 valence electrons. The molecule has 1 aromatic heterocycles. The number of benzene rings is 1. The van der Waals surface area contributed by atoms with Crippen molar-refractivity contribution in [3.63, 3.8) is 0 Å². The van der Waals surface area contributed by atoms with Crippen LogP contribution < -0.4 is 11.1 Å². The van der Waals surface area contributed by atoms with Gasteiger partial charge in [0.2, 0.25) is 5.91 Å². The Morgan fingerprint density at radius 3 is 2.58 bits per heavy atom. The quantitative estimate of drug-likeness (QED) is 0.663. The van der Waals surface area contributed by atoms with E-state index in [9.17, 15) is 4.79 Å². The van der Waals surface area contributed by atoms with Gasteiger partial charge in [-0.25, -0.2) is 4.98 Å². The fraction of sp³-hybridized carbons (Fsp3) is 0.474. The van der Waals surface area contributed by atoms with E-state index in [1.807, 2.05) is 31.2 Å². The summed E-state index contributed by atoms with van der Waals surface area (Å²) < 4.78 is 5.74. The average molecular weight is 402 g/mol. The Morgan fingerprint density at radius 1 is 1.27 bits per heavy atom. The number of rotatable bonds is 9. The molecule has 1 heterocycles. The molecular formula is C19H29Cl2N3O2. The van der Waals surface area contributed by atoms with Crippen molar-refractivity contribution in [1.82, 2.24) is 10.3 Å². The van der Waals surface area contributed by atoms with E-state index in [0.717, 1.165) is 30.6 Å². The Kier molecular flexibility index (Phi) is 12.0. The smallest absolute Gasteiger partial charge is 0.220 e. The summed E-state index contributed by atoms with van der Waals surface area (Å²) in [5.74, 6) is 1.31. The number of nitrogens with two attached hydrogens (primary N) is 1. The number of oxazole rings is 1. The van der Waals surface area contributed by atoms with Gasteiger partial charge >= 0.3 is 0 Å². The second-order valence-electron chi connectivity index (χ2n) is 6.13. The monoisotopic (exact) mass is 401 g/mol. The van der Waals surface area contributed by atoms with E-state index in [4.69, 9.17) is 10.2 Å². The molecule has 0 radical (unpaired) electrons. The van der Waals surface area contributed by atoms with Crippen molar-refractivity contribution in [3.8, 4) is 11.3 Å².